The number of rotatable bonds is 8. The number of hydrogen-bond acceptors (Lipinski definition) is 5. The number of imide groups is 2. The van der Waals surface area contributed by atoms with Gasteiger partial charge in [-0.3, -0.25) is 19.4 Å². The zero-order valence-corrected chi connectivity index (χ0v) is 14.6. The minimum Gasteiger partial charge on any atom is -0.497 e. The third-order valence-electron chi connectivity index (χ3n) is 4.51. The van der Waals surface area contributed by atoms with Gasteiger partial charge in [-0.2, -0.15) is 0 Å². The molecular formula is C18H23N3O4. The minimum atomic E-state index is -0.723. The SMILES string of the molecule is CCCN1C(=O)C(=O)N(CN(Cc2ccc(OC)cc2)C2CC2)C1=O. The molecule has 2 aliphatic rings. The Kier molecular flexibility index (Phi) is 5.03. The number of urea groups is 1. The molecule has 1 aliphatic heterocycles. The molecular weight excluding hydrogens is 322 g/mol. The molecule has 7 heteroatoms. The van der Waals surface area contributed by atoms with Crippen molar-refractivity contribution in [1.82, 2.24) is 14.7 Å². The number of ether oxygens (including phenoxy) is 1. The molecule has 0 unspecified atom stereocenters. The van der Waals surface area contributed by atoms with Crippen molar-refractivity contribution in [1.29, 1.82) is 0 Å². The number of hydrogen-bond donors (Lipinski definition) is 0. The smallest absolute Gasteiger partial charge is 0.335 e. The van der Waals surface area contributed by atoms with Gasteiger partial charge in [0.15, 0.2) is 0 Å². The summed E-state index contributed by atoms with van der Waals surface area (Å²) in [5, 5.41) is 0. The van der Waals surface area contributed by atoms with Gasteiger partial charge in [0.1, 0.15) is 5.75 Å². The van der Waals surface area contributed by atoms with E-state index in [0.29, 0.717) is 19.0 Å². The number of methoxy groups -OCH3 is 1. The molecule has 25 heavy (non-hydrogen) atoms. The number of carbonyl (C=O) groups excluding carboxylic acids is 3. The van der Waals surface area contributed by atoms with Crippen LogP contribution in [0.4, 0.5) is 4.79 Å². The van der Waals surface area contributed by atoms with E-state index in [1.807, 2.05) is 31.2 Å². The van der Waals surface area contributed by atoms with Crippen molar-refractivity contribution in [2.24, 2.45) is 0 Å². The molecule has 0 radical (unpaired) electrons. The van der Waals surface area contributed by atoms with E-state index >= 15 is 0 Å². The van der Waals surface area contributed by atoms with Gasteiger partial charge in [-0.1, -0.05) is 19.1 Å². The molecule has 134 valence electrons. The van der Waals surface area contributed by atoms with Gasteiger partial charge in [-0.25, -0.2) is 9.69 Å². The fourth-order valence-corrected chi connectivity index (χ4v) is 2.98. The van der Waals surface area contributed by atoms with E-state index in [9.17, 15) is 14.4 Å². The van der Waals surface area contributed by atoms with Crippen LogP contribution in [-0.2, 0) is 16.1 Å². The Bertz CT molecular complexity index is 669. The average Bonchev–Trinajstić information content (AvgIpc) is 3.44. The molecule has 1 heterocycles. The first-order valence-corrected chi connectivity index (χ1v) is 8.59. The average molecular weight is 345 g/mol. The van der Waals surface area contributed by atoms with Crippen LogP contribution in [0.1, 0.15) is 31.7 Å². The summed E-state index contributed by atoms with van der Waals surface area (Å²) < 4.78 is 5.16. The standard InChI is InChI=1S/C18H23N3O4/c1-3-10-20-16(22)17(23)21(18(20)24)12-19(14-6-7-14)11-13-4-8-15(25-2)9-5-13/h4-5,8-9,14H,3,6-7,10-12H2,1-2H3. The quantitative estimate of drug-likeness (QED) is 0.531. The Balaban J connectivity index is 1.70. The summed E-state index contributed by atoms with van der Waals surface area (Å²) in [5.41, 5.74) is 1.07. The molecule has 0 aromatic heterocycles. The summed E-state index contributed by atoms with van der Waals surface area (Å²) in [6.45, 7) is 2.92. The summed E-state index contributed by atoms with van der Waals surface area (Å²) in [7, 11) is 1.62. The van der Waals surface area contributed by atoms with Crippen molar-refractivity contribution in [3.8, 4) is 5.75 Å². The summed E-state index contributed by atoms with van der Waals surface area (Å²) >= 11 is 0. The highest BCUT2D eigenvalue weighted by Crippen LogP contribution is 2.29. The Hall–Kier alpha value is -2.41. The highest BCUT2D eigenvalue weighted by atomic mass is 16.5. The molecule has 3 rings (SSSR count). The first-order valence-electron chi connectivity index (χ1n) is 8.59. The van der Waals surface area contributed by atoms with E-state index in [2.05, 4.69) is 4.90 Å². The van der Waals surface area contributed by atoms with Gasteiger partial charge in [0.05, 0.1) is 13.8 Å². The lowest BCUT2D eigenvalue weighted by Crippen LogP contribution is -2.43. The van der Waals surface area contributed by atoms with Crippen LogP contribution in [0, 0.1) is 0 Å². The second kappa shape index (κ2) is 7.23. The van der Waals surface area contributed by atoms with Crippen molar-refractivity contribution >= 4 is 17.8 Å². The third-order valence-corrected chi connectivity index (χ3v) is 4.51. The van der Waals surface area contributed by atoms with E-state index in [1.54, 1.807) is 7.11 Å². The minimum absolute atomic E-state index is 0.153. The number of amides is 4. The molecule has 0 atom stereocenters. The molecule has 0 bridgehead atoms. The normalized spacial score (nSPS) is 17.8. The molecule has 1 aromatic carbocycles. The maximum atomic E-state index is 12.4. The zero-order chi connectivity index (χ0) is 18.0. The lowest BCUT2D eigenvalue weighted by Gasteiger charge is -2.26. The Labute approximate surface area is 147 Å². The monoisotopic (exact) mass is 345 g/mol. The molecule has 1 saturated carbocycles. The predicted molar refractivity (Wildman–Crippen MR) is 90.7 cm³/mol. The summed E-state index contributed by atoms with van der Waals surface area (Å²) in [6.07, 6.45) is 2.72. The molecule has 4 amide bonds. The van der Waals surface area contributed by atoms with Crippen molar-refractivity contribution in [2.75, 3.05) is 20.3 Å². The van der Waals surface area contributed by atoms with Crippen molar-refractivity contribution in [2.45, 2.75) is 38.8 Å². The van der Waals surface area contributed by atoms with Gasteiger partial charge in [0.2, 0.25) is 0 Å². The Morgan fingerprint density at radius 3 is 2.28 bits per heavy atom. The van der Waals surface area contributed by atoms with Gasteiger partial charge in [0.25, 0.3) is 0 Å². The van der Waals surface area contributed by atoms with E-state index in [-0.39, 0.29) is 13.2 Å². The summed E-state index contributed by atoms with van der Waals surface area (Å²) in [6, 6.07) is 7.56. The summed E-state index contributed by atoms with van der Waals surface area (Å²) in [4.78, 5) is 40.8. The first-order chi connectivity index (χ1) is 12.0. The van der Waals surface area contributed by atoms with Crippen LogP contribution in [0.15, 0.2) is 24.3 Å². The molecule has 0 N–H and O–H groups in total. The Morgan fingerprint density at radius 1 is 1.08 bits per heavy atom. The van der Waals surface area contributed by atoms with Crippen LogP contribution in [0.2, 0.25) is 0 Å². The molecule has 1 aromatic rings. The fraction of sp³-hybridized carbons (Fsp3) is 0.500. The van der Waals surface area contributed by atoms with E-state index in [0.717, 1.165) is 34.0 Å². The largest absolute Gasteiger partial charge is 0.497 e. The van der Waals surface area contributed by atoms with Crippen molar-refractivity contribution in [3.63, 3.8) is 0 Å². The maximum Gasteiger partial charge on any atom is 0.335 e. The topological polar surface area (TPSA) is 70.2 Å². The predicted octanol–water partition coefficient (Wildman–Crippen LogP) is 1.82. The van der Waals surface area contributed by atoms with Gasteiger partial charge in [-0.05, 0) is 37.0 Å². The maximum absolute atomic E-state index is 12.4. The lowest BCUT2D eigenvalue weighted by atomic mass is 10.2. The van der Waals surface area contributed by atoms with Crippen LogP contribution in [0.25, 0.3) is 0 Å². The highest BCUT2D eigenvalue weighted by Gasteiger charge is 2.45. The van der Waals surface area contributed by atoms with Crippen LogP contribution in [0.3, 0.4) is 0 Å². The number of carbonyl (C=O) groups is 3. The van der Waals surface area contributed by atoms with Gasteiger partial charge >= 0.3 is 17.8 Å². The first kappa shape index (κ1) is 17.4. The van der Waals surface area contributed by atoms with Crippen LogP contribution in [-0.4, -0.2) is 58.9 Å². The second-order valence-electron chi connectivity index (χ2n) is 6.44. The molecule has 0 spiro atoms. The fourth-order valence-electron chi connectivity index (χ4n) is 2.98. The van der Waals surface area contributed by atoms with Gasteiger partial charge in [-0.15, -0.1) is 0 Å². The van der Waals surface area contributed by atoms with Crippen LogP contribution in [0.5, 0.6) is 5.75 Å². The van der Waals surface area contributed by atoms with E-state index in [4.69, 9.17) is 4.74 Å². The second-order valence-corrected chi connectivity index (χ2v) is 6.44. The van der Waals surface area contributed by atoms with E-state index in [1.165, 1.54) is 0 Å². The third kappa shape index (κ3) is 3.66. The van der Waals surface area contributed by atoms with Crippen LogP contribution >= 0.6 is 0 Å². The number of benzene rings is 1. The number of nitrogens with zero attached hydrogens (tertiary/aromatic N) is 3. The molecule has 1 saturated heterocycles. The molecule has 7 nitrogen and oxygen atoms in total. The van der Waals surface area contributed by atoms with Gasteiger partial charge < -0.3 is 4.74 Å². The Morgan fingerprint density at radius 2 is 1.72 bits per heavy atom. The molecule has 1 aliphatic carbocycles. The summed E-state index contributed by atoms with van der Waals surface area (Å²) in [5.74, 6) is -0.654. The zero-order valence-electron chi connectivity index (χ0n) is 14.6. The lowest BCUT2D eigenvalue weighted by molar-refractivity contribution is -0.144. The van der Waals surface area contributed by atoms with Crippen molar-refractivity contribution < 1.29 is 19.1 Å². The van der Waals surface area contributed by atoms with Gasteiger partial charge in [0, 0.05) is 19.1 Å². The van der Waals surface area contributed by atoms with Crippen LogP contribution < -0.4 is 4.74 Å². The highest BCUT2D eigenvalue weighted by molar-refractivity contribution is 6.44. The van der Waals surface area contributed by atoms with Crippen molar-refractivity contribution in [3.05, 3.63) is 29.8 Å². The van der Waals surface area contributed by atoms with E-state index < -0.39 is 17.8 Å². The molecule has 2 fully saturated rings.